The van der Waals surface area contributed by atoms with Crippen molar-refractivity contribution in [1.29, 1.82) is 0 Å². The Balaban J connectivity index is 1.99. The molecule has 2 aromatic heterocycles. The van der Waals surface area contributed by atoms with E-state index in [9.17, 15) is 4.39 Å². The number of imidazole rings is 1. The fourth-order valence-corrected chi connectivity index (χ4v) is 2.42. The quantitative estimate of drug-likeness (QED) is 0.557. The minimum Gasteiger partial charge on any atom is -0.337 e. The van der Waals surface area contributed by atoms with Gasteiger partial charge in [0.15, 0.2) is 5.82 Å². The van der Waals surface area contributed by atoms with E-state index in [2.05, 4.69) is 20.2 Å². The van der Waals surface area contributed by atoms with E-state index in [1.54, 1.807) is 0 Å². The van der Waals surface area contributed by atoms with Gasteiger partial charge in [-0.2, -0.15) is 5.10 Å². The number of benzene rings is 2. The molecular formula is C14H8ClFN4. The van der Waals surface area contributed by atoms with E-state index in [1.807, 2.05) is 24.3 Å². The second kappa shape index (κ2) is 4.05. The van der Waals surface area contributed by atoms with Crippen LogP contribution in [0.25, 0.3) is 33.5 Å². The lowest BCUT2D eigenvalue weighted by molar-refractivity contribution is 0.630. The van der Waals surface area contributed by atoms with Gasteiger partial charge in [0.1, 0.15) is 11.5 Å². The number of aromatic amines is 2. The Labute approximate surface area is 117 Å². The third kappa shape index (κ3) is 1.60. The topological polar surface area (TPSA) is 57.4 Å². The molecule has 0 atom stereocenters. The molecule has 2 N–H and O–H groups in total. The van der Waals surface area contributed by atoms with E-state index in [1.165, 1.54) is 12.1 Å². The van der Waals surface area contributed by atoms with E-state index >= 15 is 0 Å². The van der Waals surface area contributed by atoms with Crippen molar-refractivity contribution in [3.63, 3.8) is 0 Å². The molecule has 4 nitrogen and oxygen atoms in total. The van der Waals surface area contributed by atoms with E-state index in [4.69, 9.17) is 11.6 Å². The van der Waals surface area contributed by atoms with Crippen molar-refractivity contribution < 1.29 is 4.39 Å². The lowest BCUT2D eigenvalue weighted by atomic mass is 10.2. The summed E-state index contributed by atoms with van der Waals surface area (Å²) in [5.74, 6) is 0.122. The number of fused-ring (bicyclic) bond motifs is 2. The number of H-pyrrole nitrogens is 2. The van der Waals surface area contributed by atoms with Crippen molar-refractivity contribution >= 4 is 33.5 Å². The van der Waals surface area contributed by atoms with Crippen LogP contribution in [0.15, 0.2) is 36.4 Å². The first-order valence-corrected chi connectivity index (χ1v) is 6.38. The van der Waals surface area contributed by atoms with Crippen LogP contribution in [0, 0.1) is 5.82 Å². The number of nitrogens with one attached hydrogen (secondary N) is 2. The molecule has 0 unspecified atom stereocenters. The van der Waals surface area contributed by atoms with Crippen LogP contribution in [0.1, 0.15) is 0 Å². The summed E-state index contributed by atoms with van der Waals surface area (Å²) in [4.78, 5) is 7.64. The Morgan fingerprint density at radius 1 is 1.10 bits per heavy atom. The minimum absolute atomic E-state index is 0.0670. The van der Waals surface area contributed by atoms with E-state index in [-0.39, 0.29) is 5.02 Å². The fourth-order valence-electron chi connectivity index (χ4n) is 2.26. The van der Waals surface area contributed by atoms with E-state index < -0.39 is 5.82 Å². The van der Waals surface area contributed by atoms with Crippen LogP contribution >= 0.6 is 11.6 Å². The summed E-state index contributed by atoms with van der Waals surface area (Å²) in [6.45, 7) is 0. The standard InChI is InChI=1S/C14H8ClFN4/c15-8-6-12-7(5-9(8)16)13(20-19-12)14-17-10-3-1-2-4-11(10)18-14/h1-6H,(H,17,18)(H,19,20). The Hall–Kier alpha value is -2.40. The second-order valence-corrected chi connectivity index (χ2v) is 4.89. The molecule has 0 saturated carbocycles. The highest BCUT2D eigenvalue weighted by atomic mass is 35.5. The monoisotopic (exact) mass is 286 g/mol. The maximum atomic E-state index is 13.6. The van der Waals surface area contributed by atoms with E-state index in [0.717, 1.165) is 11.0 Å². The summed E-state index contributed by atoms with van der Waals surface area (Å²) < 4.78 is 13.6. The minimum atomic E-state index is -0.474. The molecule has 0 aliphatic carbocycles. The molecule has 0 bridgehead atoms. The van der Waals surface area contributed by atoms with Gasteiger partial charge in [-0.05, 0) is 24.3 Å². The molecule has 4 aromatic rings. The smallest absolute Gasteiger partial charge is 0.159 e. The van der Waals surface area contributed by atoms with Crippen LogP contribution in [0.2, 0.25) is 5.02 Å². The van der Waals surface area contributed by atoms with Gasteiger partial charge in [0.2, 0.25) is 0 Å². The highest BCUT2D eigenvalue weighted by Crippen LogP contribution is 2.29. The Morgan fingerprint density at radius 2 is 1.95 bits per heavy atom. The number of para-hydroxylation sites is 2. The summed E-state index contributed by atoms with van der Waals surface area (Å²) in [7, 11) is 0. The van der Waals surface area contributed by atoms with Crippen LogP contribution in [0.4, 0.5) is 4.39 Å². The second-order valence-electron chi connectivity index (χ2n) is 4.49. The summed E-state index contributed by atoms with van der Waals surface area (Å²) in [6.07, 6.45) is 0. The van der Waals surface area contributed by atoms with Crippen molar-refractivity contribution in [2.45, 2.75) is 0 Å². The summed E-state index contributed by atoms with van der Waals surface area (Å²) in [5.41, 5.74) is 3.00. The van der Waals surface area contributed by atoms with Gasteiger partial charge < -0.3 is 4.98 Å². The first-order valence-electron chi connectivity index (χ1n) is 6.00. The van der Waals surface area contributed by atoms with Crippen LogP contribution < -0.4 is 0 Å². The zero-order valence-corrected chi connectivity index (χ0v) is 10.9. The van der Waals surface area contributed by atoms with Crippen molar-refractivity contribution in [3.05, 3.63) is 47.2 Å². The highest BCUT2D eigenvalue weighted by molar-refractivity contribution is 6.31. The van der Waals surface area contributed by atoms with Crippen LogP contribution in [0.3, 0.4) is 0 Å². The van der Waals surface area contributed by atoms with Gasteiger partial charge in [0.05, 0.1) is 21.6 Å². The largest absolute Gasteiger partial charge is 0.337 e. The number of hydrogen-bond acceptors (Lipinski definition) is 2. The Kier molecular flexibility index (Phi) is 2.31. The summed E-state index contributed by atoms with van der Waals surface area (Å²) in [5, 5.41) is 7.75. The fraction of sp³-hybridized carbons (Fsp3) is 0. The molecule has 0 aliphatic rings. The third-order valence-corrected chi connectivity index (χ3v) is 3.51. The van der Waals surface area contributed by atoms with Gasteiger partial charge in [-0.3, -0.25) is 5.10 Å². The average Bonchev–Trinajstić information content (AvgIpc) is 3.02. The van der Waals surface area contributed by atoms with Gasteiger partial charge in [0.25, 0.3) is 0 Å². The van der Waals surface area contributed by atoms with Crippen molar-refractivity contribution in [2.75, 3.05) is 0 Å². The first kappa shape index (κ1) is 11.4. The van der Waals surface area contributed by atoms with Crippen molar-refractivity contribution in [2.24, 2.45) is 0 Å². The number of rotatable bonds is 1. The first-order chi connectivity index (χ1) is 9.72. The average molecular weight is 287 g/mol. The van der Waals surface area contributed by atoms with Gasteiger partial charge in [-0.25, -0.2) is 9.37 Å². The highest BCUT2D eigenvalue weighted by Gasteiger charge is 2.14. The van der Waals surface area contributed by atoms with Gasteiger partial charge >= 0.3 is 0 Å². The Morgan fingerprint density at radius 3 is 2.80 bits per heavy atom. The summed E-state index contributed by atoms with van der Waals surface area (Å²) >= 11 is 5.76. The molecule has 4 rings (SSSR count). The molecule has 6 heteroatoms. The number of halogens is 2. The molecule has 0 fully saturated rings. The molecule has 0 amide bonds. The SMILES string of the molecule is Fc1cc2c(-c3nc4ccccc4[nH]3)n[nH]c2cc1Cl. The zero-order valence-electron chi connectivity index (χ0n) is 10.1. The molecule has 0 saturated heterocycles. The van der Waals surface area contributed by atoms with Crippen molar-refractivity contribution in [1.82, 2.24) is 20.2 Å². The zero-order chi connectivity index (χ0) is 13.7. The molecular weight excluding hydrogens is 279 g/mol. The molecule has 0 radical (unpaired) electrons. The normalized spacial score (nSPS) is 11.5. The molecule has 98 valence electrons. The molecule has 20 heavy (non-hydrogen) atoms. The molecule has 2 aromatic carbocycles. The lowest BCUT2D eigenvalue weighted by Crippen LogP contribution is -1.82. The summed E-state index contributed by atoms with van der Waals surface area (Å²) in [6, 6.07) is 10.6. The van der Waals surface area contributed by atoms with Gasteiger partial charge in [-0.15, -0.1) is 0 Å². The van der Waals surface area contributed by atoms with Crippen LogP contribution in [0.5, 0.6) is 0 Å². The van der Waals surface area contributed by atoms with Crippen LogP contribution in [-0.2, 0) is 0 Å². The third-order valence-electron chi connectivity index (χ3n) is 3.22. The van der Waals surface area contributed by atoms with E-state index in [0.29, 0.717) is 22.4 Å². The maximum Gasteiger partial charge on any atom is 0.159 e. The molecule has 2 heterocycles. The van der Waals surface area contributed by atoms with Gasteiger partial charge in [0, 0.05) is 5.39 Å². The number of nitrogens with zero attached hydrogens (tertiary/aromatic N) is 2. The molecule has 0 aliphatic heterocycles. The molecule has 0 spiro atoms. The number of aromatic nitrogens is 4. The van der Waals surface area contributed by atoms with Crippen molar-refractivity contribution in [3.8, 4) is 11.5 Å². The Bertz CT molecular complexity index is 908. The van der Waals surface area contributed by atoms with Crippen LogP contribution in [-0.4, -0.2) is 20.2 Å². The predicted octanol–water partition coefficient (Wildman–Crippen LogP) is 3.90. The maximum absolute atomic E-state index is 13.6. The lowest BCUT2D eigenvalue weighted by Gasteiger charge is -1.95. The van der Waals surface area contributed by atoms with Gasteiger partial charge in [-0.1, -0.05) is 23.7 Å². The number of hydrogen-bond donors (Lipinski definition) is 2. The predicted molar refractivity (Wildman–Crippen MR) is 76.1 cm³/mol.